The average Bonchev–Trinajstić information content (AvgIpc) is 3.19. The van der Waals surface area contributed by atoms with Crippen LogP contribution < -0.4 is 0 Å². The Balaban J connectivity index is 1.40. The van der Waals surface area contributed by atoms with Gasteiger partial charge in [0, 0.05) is 49.2 Å². The van der Waals surface area contributed by atoms with Gasteiger partial charge in [-0.3, -0.25) is 14.8 Å². The lowest BCUT2D eigenvalue weighted by Gasteiger charge is -2.31. The quantitative estimate of drug-likeness (QED) is 0.853. The molecule has 0 aromatic carbocycles. The van der Waals surface area contributed by atoms with Gasteiger partial charge in [-0.25, -0.2) is 0 Å². The molecule has 2 aromatic rings. The Morgan fingerprint density at radius 1 is 1.08 bits per heavy atom. The van der Waals surface area contributed by atoms with E-state index in [1.807, 2.05) is 23.6 Å². The maximum absolute atomic E-state index is 6.00. The van der Waals surface area contributed by atoms with Crippen LogP contribution >= 0.6 is 11.3 Å². The second-order valence-electron chi connectivity index (χ2n) is 7.12. The highest BCUT2D eigenvalue weighted by atomic mass is 32.1. The number of hydrogen-bond donors (Lipinski definition) is 0. The molecule has 1 spiro atoms. The Morgan fingerprint density at radius 3 is 2.79 bits per heavy atom. The van der Waals surface area contributed by atoms with Gasteiger partial charge in [0.25, 0.3) is 0 Å². The van der Waals surface area contributed by atoms with Gasteiger partial charge in [-0.15, -0.1) is 11.3 Å². The van der Waals surface area contributed by atoms with Crippen LogP contribution in [0.3, 0.4) is 0 Å². The summed E-state index contributed by atoms with van der Waals surface area (Å²) >= 11 is 1.86. The van der Waals surface area contributed by atoms with Gasteiger partial charge in [0.2, 0.25) is 0 Å². The van der Waals surface area contributed by atoms with E-state index in [4.69, 9.17) is 4.74 Å². The van der Waals surface area contributed by atoms with E-state index in [0.29, 0.717) is 0 Å². The standard InChI is InChI=1S/C19H25N3OS/c1-2-7-20-17(4-1)12-22-9-10-23-16-19(15-22)6-8-21(14-19)13-18-5-3-11-24-18/h1-5,7,11H,6,8-10,12-16H2/t19-/m1/s1. The molecule has 0 aliphatic carbocycles. The first-order chi connectivity index (χ1) is 11.8. The molecule has 2 saturated heterocycles. The van der Waals surface area contributed by atoms with Gasteiger partial charge in [-0.05, 0) is 36.5 Å². The summed E-state index contributed by atoms with van der Waals surface area (Å²) in [7, 11) is 0. The number of nitrogens with zero attached hydrogens (tertiary/aromatic N) is 3. The molecule has 24 heavy (non-hydrogen) atoms. The van der Waals surface area contributed by atoms with Crippen molar-refractivity contribution in [2.75, 3.05) is 39.4 Å². The minimum Gasteiger partial charge on any atom is -0.379 e. The number of thiophene rings is 1. The summed E-state index contributed by atoms with van der Waals surface area (Å²) in [5.74, 6) is 0. The number of likely N-dealkylation sites (tertiary alicyclic amines) is 1. The van der Waals surface area contributed by atoms with E-state index < -0.39 is 0 Å². The molecule has 128 valence electrons. The lowest BCUT2D eigenvalue weighted by atomic mass is 9.87. The van der Waals surface area contributed by atoms with E-state index in [9.17, 15) is 0 Å². The normalized spacial score (nSPS) is 26.0. The first-order valence-corrected chi connectivity index (χ1v) is 9.64. The molecule has 1 atom stereocenters. The molecule has 0 radical (unpaired) electrons. The monoisotopic (exact) mass is 343 g/mol. The third-order valence-corrected chi connectivity index (χ3v) is 5.97. The van der Waals surface area contributed by atoms with Crippen molar-refractivity contribution in [1.82, 2.24) is 14.8 Å². The topological polar surface area (TPSA) is 28.6 Å². The third kappa shape index (κ3) is 3.86. The average molecular weight is 343 g/mol. The smallest absolute Gasteiger partial charge is 0.0593 e. The van der Waals surface area contributed by atoms with Gasteiger partial charge in [0.1, 0.15) is 0 Å². The van der Waals surface area contributed by atoms with Crippen molar-refractivity contribution in [3.63, 3.8) is 0 Å². The number of aromatic nitrogens is 1. The second-order valence-corrected chi connectivity index (χ2v) is 8.16. The summed E-state index contributed by atoms with van der Waals surface area (Å²) in [5, 5.41) is 2.17. The summed E-state index contributed by atoms with van der Waals surface area (Å²) in [6.07, 6.45) is 3.12. The van der Waals surface area contributed by atoms with E-state index in [1.165, 1.54) is 17.8 Å². The van der Waals surface area contributed by atoms with E-state index in [1.54, 1.807) is 0 Å². The molecular formula is C19H25N3OS. The van der Waals surface area contributed by atoms with Crippen LogP contribution in [0.15, 0.2) is 41.9 Å². The van der Waals surface area contributed by atoms with Gasteiger partial charge >= 0.3 is 0 Å². The zero-order chi connectivity index (χ0) is 16.2. The summed E-state index contributed by atoms with van der Waals surface area (Å²) in [5.41, 5.74) is 1.44. The maximum Gasteiger partial charge on any atom is 0.0593 e. The zero-order valence-electron chi connectivity index (χ0n) is 14.1. The SMILES string of the molecule is c1ccc(CN2CCOC[C@@]3(CCN(Cc4cccs4)C3)C2)nc1. The minimum atomic E-state index is 0.280. The molecule has 0 amide bonds. The minimum absolute atomic E-state index is 0.280. The van der Waals surface area contributed by atoms with Gasteiger partial charge < -0.3 is 4.74 Å². The fraction of sp³-hybridized carbons (Fsp3) is 0.526. The van der Waals surface area contributed by atoms with Crippen molar-refractivity contribution in [3.05, 3.63) is 52.5 Å². The lowest BCUT2D eigenvalue weighted by Crippen LogP contribution is -2.40. The van der Waals surface area contributed by atoms with Crippen LogP contribution in [-0.2, 0) is 17.8 Å². The Morgan fingerprint density at radius 2 is 2.00 bits per heavy atom. The predicted molar refractivity (Wildman–Crippen MR) is 97.0 cm³/mol. The van der Waals surface area contributed by atoms with Crippen molar-refractivity contribution < 1.29 is 4.74 Å². The maximum atomic E-state index is 6.00. The molecule has 4 rings (SSSR count). The molecule has 0 saturated carbocycles. The van der Waals surface area contributed by atoms with E-state index in [0.717, 1.165) is 51.6 Å². The van der Waals surface area contributed by atoms with Crippen LogP contribution in [0, 0.1) is 5.41 Å². The van der Waals surface area contributed by atoms with Crippen molar-refractivity contribution >= 4 is 11.3 Å². The largest absolute Gasteiger partial charge is 0.379 e. The zero-order valence-corrected chi connectivity index (χ0v) is 14.9. The predicted octanol–water partition coefficient (Wildman–Crippen LogP) is 2.87. The molecule has 2 aromatic heterocycles. The number of pyridine rings is 1. The van der Waals surface area contributed by atoms with Crippen LogP contribution in [-0.4, -0.2) is 54.2 Å². The van der Waals surface area contributed by atoms with Gasteiger partial charge in [-0.2, -0.15) is 0 Å². The fourth-order valence-corrected chi connectivity index (χ4v) is 4.72. The van der Waals surface area contributed by atoms with Crippen LogP contribution in [0.25, 0.3) is 0 Å². The van der Waals surface area contributed by atoms with E-state index in [-0.39, 0.29) is 5.41 Å². The summed E-state index contributed by atoms with van der Waals surface area (Å²) in [6.45, 7) is 8.18. The van der Waals surface area contributed by atoms with Crippen LogP contribution in [0.2, 0.25) is 0 Å². The highest BCUT2D eigenvalue weighted by molar-refractivity contribution is 7.09. The third-order valence-electron chi connectivity index (χ3n) is 5.11. The van der Waals surface area contributed by atoms with E-state index in [2.05, 4.69) is 44.4 Å². The van der Waals surface area contributed by atoms with Crippen LogP contribution in [0.5, 0.6) is 0 Å². The van der Waals surface area contributed by atoms with Crippen LogP contribution in [0.1, 0.15) is 17.0 Å². The molecule has 0 unspecified atom stereocenters. The second kappa shape index (κ2) is 7.31. The summed E-state index contributed by atoms with van der Waals surface area (Å²) in [4.78, 5) is 11.1. The van der Waals surface area contributed by atoms with Crippen molar-refractivity contribution in [2.24, 2.45) is 5.41 Å². The molecule has 2 aliphatic rings. The Labute approximate surface area is 148 Å². The lowest BCUT2D eigenvalue weighted by molar-refractivity contribution is 0.0707. The van der Waals surface area contributed by atoms with Crippen molar-refractivity contribution in [2.45, 2.75) is 19.5 Å². The highest BCUT2D eigenvalue weighted by Crippen LogP contribution is 2.34. The van der Waals surface area contributed by atoms with E-state index >= 15 is 0 Å². The first-order valence-electron chi connectivity index (χ1n) is 8.76. The Hall–Kier alpha value is -1.27. The summed E-state index contributed by atoms with van der Waals surface area (Å²) < 4.78 is 6.00. The van der Waals surface area contributed by atoms with Crippen molar-refractivity contribution in [1.29, 1.82) is 0 Å². The molecule has 0 bridgehead atoms. The first kappa shape index (κ1) is 16.2. The fourth-order valence-electron chi connectivity index (χ4n) is 3.97. The molecule has 2 aliphatic heterocycles. The number of hydrogen-bond acceptors (Lipinski definition) is 5. The molecule has 2 fully saturated rings. The van der Waals surface area contributed by atoms with Gasteiger partial charge in [0.05, 0.1) is 18.9 Å². The number of ether oxygens (including phenoxy) is 1. The molecule has 5 heteroatoms. The van der Waals surface area contributed by atoms with Crippen LogP contribution in [0.4, 0.5) is 0 Å². The molecule has 4 heterocycles. The molecule has 4 nitrogen and oxygen atoms in total. The van der Waals surface area contributed by atoms with Gasteiger partial charge in [-0.1, -0.05) is 12.1 Å². The molecule has 0 N–H and O–H groups in total. The Kier molecular flexibility index (Phi) is 4.94. The number of rotatable bonds is 4. The highest BCUT2D eigenvalue weighted by Gasteiger charge is 2.41. The molecular weight excluding hydrogens is 318 g/mol. The van der Waals surface area contributed by atoms with Crippen molar-refractivity contribution in [3.8, 4) is 0 Å². The summed E-state index contributed by atoms with van der Waals surface area (Å²) in [6, 6.07) is 10.6. The Bertz CT molecular complexity index is 633. The van der Waals surface area contributed by atoms with Gasteiger partial charge in [0.15, 0.2) is 0 Å².